The van der Waals surface area contributed by atoms with Crippen LogP contribution in [0.2, 0.25) is 0 Å². The number of rotatable bonds is 3. The second kappa shape index (κ2) is 4.38. The lowest BCUT2D eigenvalue weighted by atomic mass is 10.4. The second-order valence-corrected chi connectivity index (χ2v) is 4.72. The summed E-state index contributed by atoms with van der Waals surface area (Å²) in [6, 6.07) is 3.44. The quantitative estimate of drug-likeness (QED) is 0.843. The van der Waals surface area contributed by atoms with Gasteiger partial charge in [0, 0.05) is 0 Å². The van der Waals surface area contributed by atoms with Gasteiger partial charge in [-0.25, -0.2) is 0 Å². The van der Waals surface area contributed by atoms with Gasteiger partial charge in [-0.2, -0.15) is 0 Å². The van der Waals surface area contributed by atoms with Crippen LogP contribution in [0.4, 0.5) is 0 Å². The predicted molar refractivity (Wildman–Crippen MR) is 53.5 cm³/mol. The Balaban J connectivity index is 2.54. The zero-order valence-corrected chi connectivity index (χ0v) is 8.94. The van der Waals surface area contributed by atoms with Crippen LogP contribution in [0.5, 0.6) is 0 Å². The fourth-order valence-electron chi connectivity index (χ4n) is 0.691. The molecule has 0 fully saturated rings. The molecule has 1 heterocycles. The summed E-state index contributed by atoms with van der Waals surface area (Å²) in [7, 11) is 0. The van der Waals surface area contributed by atoms with Crippen LogP contribution in [0.25, 0.3) is 0 Å². The number of carbonyl (C=O) groups is 2. The van der Waals surface area contributed by atoms with Crippen LogP contribution in [-0.4, -0.2) is 18.4 Å². The maximum Gasteiger partial charge on any atom is 0.261 e. The minimum absolute atomic E-state index is 0.131. The van der Waals surface area contributed by atoms with E-state index < -0.39 is 5.91 Å². The highest BCUT2D eigenvalue weighted by Gasteiger charge is 2.08. The summed E-state index contributed by atoms with van der Waals surface area (Å²) in [5.74, 6) is -0.835. The number of halogens is 1. The van der Waals surface area contributed by atoms with Crippen molar-refractivity contribution in [1.82, 2.24) is 5.32 Å². The lowest BCUT2D eigenvalue weighted by Crippen LogP contribution is -2.32. The van der Waals surface area contributed by atoms with Crippen molar-refractivity contribution in [2.75, 3.05) is 6.54 Å². The van der Waals surface area contributed by atoms with Crippen LogP contribution in [0.15, 0.2) is 15.9 Å². The maximum atomic E-state index is 11.2. The van der Waals surface area contributed by atoms with Gasteiger partial charge in [0.2, 0.25) is 5.91 Å². The van der Waals surface area contributed by atoms with Crippen molar-refractivity contribution in [3.63, 3.8) is 0 Å². The molecular weight excluding hydrogens is 256 g/mol. The van der Waals surface area contributed by atoms with E-state index in [1.807, 2.05) is 0 Å². The molecule has 70 valence electrons. The van der Waals surface area contributed by atoms with E-state index in [4.69, 9.17) is 5.73 Å². The van der Waals surface area contributed by atoms with Gasteiger partial charge < -0.3 is 11.1 Å². The van der Waals surface area contributed by atoms with Crippen molar-refractivity contribution in [1.29, 1.82) is 0 Å². The fourth-order valence-corrected chi connectivity index (χ4v) is 1.99. The Morgan fingerprint density at radius 1 is 1.54 bits per heavy atom. The molecule has 0 aliphatic carbocycles. The van der Waals surface area contributed by atoms with Crippen molar-refractivity contribution in [3.8, 4) is 0 Å². The number of hydrogen-bond acceptors (Lipinski definition) is 3. The van der Waals surface area contributed by atoms with Gasteiger partial charge in [0.1, 0.15) is 0 Å². The average Bonchev–Trinajstić information content (AvgIpc) is 2.47. The Labute approximate surface area is 87.2 Å². The van der Waals surface area contributed by atoms with Gasteiger partial charge in [-0.1, -0.05) is 0 Å². The molecule has 1 aromatic rings. The van der Waals surface area contributed by atoms with Crippen LogP contribution in [-0.2, 0) is 4.79 Å². The first-order chi connectivity index (χ1) is 6.09. The molecule has 6 heteroatoms. The lowest BCUT2D eigenvalue weighted by Gasteiger charge is -1.98. The first-order valence-electron chi connectivity index (χ1n) is 3.41. The summed E-state index contributed by atoms with van der Waals surface area (Å²) < 4.78 is 0.872. The number of amides is 2. The molecule has 4 nitrogen and oxygen atoms in total. The highest BCUT2D eigenvalue weighted by Crippen LogP contribution is 2.21. The van der Waals surface area contributed by atoms with Crippen molar-refractivity contribution in [3.05, 3.63) is 20.8 Å². The van der Waals surface area contributed by atoms with Crippen LogP contribution in [0, 0.1) is 0 Å². The van der Waals surface area contributed by atoms with Gasteiger partial charge in [0.25, 0.3) is 5.91 Å². The predicted octanol–water partition coefficient (Wildman–Crippen LogP) is 0.726. The molecule has 0 aliphatic heterocycles. The molecule has 2 amide bonds. The molecular formula is C7H7BrN2O2S. The Morgan fingerprint density at radius 2 is 2.23 bits per heavy atom. The van der Waals surface area contributed by atoms with Gasteiger partial charge in [-0.3, -0.25) is 9.59 Å². The zero-order valence-electron chi connectivity index (χ0n) is 6.54. The minimum atomic E-state index is -0.552. The summed E-state index contributed by atoms with van der Waals surface area (Å²) >= 11 is 4.53. The van der Waals surface area contributed by atoms with E-state index in [1.54, 1.807) is 12.1 Å². The van der Waals surface area contributed by atoms with Crippen molar-refractivity contribution < 1.29 is 9.59 Å². The van der Waals surface area contributed by atoms with Crippen LogP contribution in [0.3, 0.4) is 0 Å². The normalized spacial score (nSPS) is 9.62. The summed E-state index contributed by atoms with van der Waals surface area (Å²) in [5.41, 5.74) is 4.86. The van der Waals surface area contributed by atoms with E-state index >= 15 is 0 Å². The topological polar surface area (TPSA) is 72.2 Å². The van der Waals surface area contributed by atoms with Gasteiger partial charge >= 0.3 is 0 Å². The first-order valence-corrected chi connectivity index (χ1v) is 5.02. The molecule has 0 atom stereocenters. The Hall–Kier alpha value is -0.880. The smallest absolute Gasteiger partial charge is 0.261 e. The Morgan fingerprint density at radius 3 is 2.69 bits per heavy atom. The summed E-state index contributed by atoms with van der Waals surface area (Å²) in [4.78, 5) is 22.1. The number of primary amides is 1. The molecule has 0 saturated heterocycles. The third kappa shape index (κ3) is 3.16. The Bertz CT molecular complexity index is 337. The van der Waals surface area contributed by atoms with E-state index in [0.717, 1.165) is 3.79 Å². The number of carbonyl (C=O) groups excluding carboxylic acids is 2. The van der Waals surface area contributed by atoms with Gasteiger partial charge in [-0.15, -0.1) is 11.3 Å². The van der Waals surface area contributed by atoms with Gasteiger partial charge in [0.15, 0.2) is 0 Å². The third-order valence-electron chi connectivity index (χ3n) is 1.22. The standard InChI is InChI=1S/C7H7BrN2O2S/c8-5-2-1-4(13-5)7(12)10-3-6(9)11/h1-2H,3H2,(H2,9,11)(H,10,12). The first kappa shape index (κ1) is 10.2. The second-order valence-electron chi connectivity index (χ2n) is 2.25. The lowest BCUT2D eigenvalue weighted by molar-refractivity contribution is -0.117. The van der Waals surface area contributed by atoms with Crippen LogP contribution >= 0.6 is 27.3 Å². The number of thiophene rings is 1. The van der Waals surface area contributed by atoms with E-state index in [2.05, 4.69) is 21.2 Å². The zero-order chi connectivity index (χ0) is 9.84. The van der Waals surface area contributed by atoms with E-state index in [-0.39, 0.29) is 12.5 Å². The molecule has 0 spiro atoms. The van der Waals surface area contributed by atoms with Crippen molar-refractivity contribution in [2.45, 2.75) is 0 Å². The van der Waals surface area contributed by atoms with E-state index in [9.17, 15) is 9.59 Å². The molecule has 0 aromatic carbocycles. The SMILES string of the molecule is NC(=O)CNC(=O)c1ccc(Br)s1. The van der Waals surface area contributed by atoms with Crippen molar-refractivity contribution in [2.24, 2.45) is 5.73 Å². The monoisotopic (exact) mass is 262 g/mol. The van der Waals surface area contributed by atoms with Crippen molar-refractivity contribution >= 4 is 39.1 Å². The molecule has 3 N–H and O–H groups in total. The summed E-state index contributed by atoms with van der Waals surface area (Å²) in [6.07, 6.45) is 0. The maximum absolute atomic E-state index is 11.2. The van der Waals surface area contributed by atoms with E-state index in [0.29, 0.717) is 4.88 Å². The van der Waals surface area contributed by atoms with Gasteiger partial charge in [-0.05, 0) is 28.1 Å². The largest absolute Gasteiger partial charge is 0.368 e. The molecule has 0 saturated carbocycles. The average molecular weight is 263 g/mol. The molecule has 0 bridgehead atoms. The minimum Gasteiger partial charge on any atom is -0.368 e. The number of nitrogens with one attached hydrogen (secondary N) is 1. The van der Waals surface area contributed by atoms with Gasteiger partial charge in [0.05, 0.1) is 15.2 Å². The molecule has 1 aromatic heterocycles. The summed E-state index contributed by atoms with van der Waals surface area (Å²) in [6.45, 7) is -0.131. The number of nitrogens with two attached hydrogens (primary N) is 1. The van der Waals surface area contributed by atoms with E-state index in [1.165, 1.54) is 11.3 Å². The third-order valence-corrected chi connectivity index (χ3v) is 2.84. The Kier molecular flexibility index (Phi) is 3.44. The molecule has 13 heavy (non-hydrogen) atoms. The highest BCUT2D eigenvalue weighted by molar-refractivity contribution is 9.11. The highest BCUT2D eigenvalue weighted by atomic mass is 79.9. The summed E-state index contributed by atoms with van der Waals surface area (Å²) in [5, 5.41) is 2.39. The molecule has 1 rings (SSSR count). The molecule has 0 aliphatic rings. The fraction of sp³-hybridized carbons (Fsp3) is 0.143. The van der Waals surface area contributed by atoms with Crippen LogP contribution < -0.4 is 11.1 Å². The molecule has 0 radical (unpaired) electrons. The molecule has 0 unspecified atom stereocenters. The number of hydrogen-bond donors (Lipinski definition) is 2. The van der Waals surface area contributed by atoms with Crippen LogP contribution in [0.1, 0.15) is 9.67 Å².